The van der Waals surface area contributed by atoms with Gasteiger partial charge >= 0.3 is 6.03 Å². The van der Waals surface area contributed by atoms with Gasteiger partial charge in [0.25, 0.3) is 0 Å². The number of thioether (sulfide) groups is 1. The Morgan fingerprint density at radius 1 is 0.796 bits per heavy atom. The number of carbonyl (C=O) groups excluding carboxylic acids is 1. The van der Waals surface area contributed by atoms with E-state index in [1.807, 2.05) is 109 Å². The van der Waals surface area contributed by atoms with Crippen LogP contribution in [-0.2, 0) is 16.1 Å². The quantitative estimate of drug-likeness (QED) is 0.123. The third-order valence-corrected chi connectivity index (χ3v) is 10.6. The predicted octanol–water partition coefficient (Wildman–Crippen LogP) is 9.81. The van der Waals surface area contributed by atoms with Gasteiger partial charge in [0, 0.05) is 28.6 Å². The molecule has 0 aliphatic carbocycles. The van der Waals surface area contributed by atoms with Gasteiger partial charge in [0.05, 0.1) is 29.0 Å². The second-order valence-corrected chi connectivity index (χ2v) is 14.0. The van der Waals surface area contributed by atoms with E-state index < -0.39 is 6.29 Å². The summed E-state index contributed by atoms with van der Waals surface area (Å²) >= 11 is 3.39. The zero-order valence-corrected chi connectivity index (χ0v) is 28.3. The zero-order chi connectivity index (χ0) is 33.6. The number of nitrogens with one attached hydrogen (secondary N) is 2. The van der Waals surface area contributed by atoms with Crippen LogP contribution in [0.1, 0.15) is 36.0 Å². The summed E-state index contributed by atoms with van der Waals surface area (Å²) in [5.41, 5.74) is 5.00. The van der Waals surface area contributed by atoms with Crippen molar-refractivity contribution in [2.24, 2.45) is 5.92 Å². The molecule has 7 rings (SSSR count). The molecule has 0 spiro atoms. The Labute approximate surface area is 293 Å². The number of urea groups is 1. The van der Waals surface area contributed by atoms with Gasteiger partial charge in [-0.25, -0.2) is 9.78 Å². The first-order chi connectivity index (χ1) is 24.0. The van der Waals surface area contributed by atoms with Gasteiger partial charge in [-0.15, -0.1) is 11.3 Å². The van der Waals surface area contributed by atoms with Crippen molar-refractivity contribution >= 4 is 50.7 Å². The number of ether oxygens (including phenoxy) is 3. The Morgan fingerprint density at radius 2 is 1.43 bits per heavy atom. The summed E-state index contributed by atoms with van der Waals surface area (Å²) in [6.07, 6.45) is -0.953. The number of aliphatic hydroxyl groups excluding tert-OH is 1. The number of fused-ring (bicyclic) bond motifs is 1. The van der Waals surface area contributed by atoms with Crippen LogP contribution in [0.3, 0.4) is 0 Å². The second-order valence-electron chi connectivity index (χ2n) is 11.7. The van der Waals surface area contributed by atoms with Crippen LogP contribution in [0.5, 0.6) is 11.5 Å². The molecule has 2 amide bonds. The molecule has 1 aliphatic rings. The smallest absolute Gasteiger partial charge is 0.323 e. The number of amides is 2. The molecule has 3 N–H and O–H groups in total. The fraction of sp³-hybridized carbons (Fsp3) is 0.179. The van der Waals surface area contributed by atoms with E-state index in [0.29, 0.717) is 22.9 Å². The van der Waals surface area contributed by atoms with Gasteiger partial charge in [-0.3, -0.25) is 0 Å². The Bertz CT molecular complexity index is 1950. The first kappa shape index (κ1) is 32.8. The van der Waals surface area contributed by atoms with E-state index in [-0.39, 0.29) is 30.8 Å². The molecule has 0 bridgehead atoms. The number of thiazole rings is 1. The molecule has 1 fully saturated rings. The topological polar surface area (TPSA) is 102 Å². The third-order valence-electron chi connectivity index (χ3n) is 8.30. The molecule has 1 saturated heterocycles. The molecule has 1 aromatic heterocycles. The molecule has 0 saturated carbocycles. The van der Waals surface area contributed by atoms with Crippen LogP contribution in [0.4, 0.5) is 16.2 Å². The van der Waals surface area contributed by atoms with Crippen LogP contribution in [0.15, 0.2) is 132 Å². The molecule has 0 radical (unpaired) electrons. The number of hydrogen-bond acceptors (Lipinski definition) is 8. The van der Waals surface area contributed by atoms with Crippen LogP contribution < -0.4 is 15.4 Å². The maximum Gasteiger partial charge on any atom is 0.323 e. The van der Waals surface area contributed by atoms with E-state index in [4.69, 9.17) is 19.2 Å². The molecule has 2 heterocycles. The van der Waals surface area contributed by atoms with Gasteiger partial charge in [0.1, 0.15) is 11.5 Å². The lowest BCUT2D eigenvalue weighted by Crippen LogP contribution is -2.38. The van der Waals surface area contributed by atoms with Crippen molar-refractivity contribution in [1.29, 1.82) is 0 Å². The standard InChI is InChI=1S/C39H35N3O5S2/c1-25-34(24-48-39-42-33-9-5-6-10-35(33)49-39)46-37(47-36(25)27-13-11-26(23-43)12-14-27)28-15-17-29(18-16-28)40-38(44)41-30-19-21-32(22-20-30)45-31-7-3-2-4-8-31/h2-22,25,34,36-37,43H,23-24H2,1H3,(H2,40,41,44)/t25-,34+,36+,37+/m1/s1. The minimum absolute atomic E-state index is 0.0110. The van der Waals surface area contributed by atoms with E-state index in [0.717, 1.165) is 32.3 Å². The summed E-state index contributed by atoms with van der Waals surface area (Å²) in [6, 6.07) is 39.9. The van der Waals surface area contributed by atoms with Crippen molar-refractivity contribution in [1.82, 2.24) is 4.98 Å². The number of aliphatic hydroxyl groups is 1. The first-order valence-electron chi connectivity index (χ1n) is 16.0. The monoisotopic (exact) mass is 689 g/mol. The summed E-state index contributed by atoms with van der Waals surface area (Å²) in [6.45, 7) is 2.14. The second kappa shape index (κ2) is 15.2. The zero-order valence-electron chi connectivity index (χ0n) is 26.7. The van der Waals surface area contributed by atoms with Crippen LogP contribution >= 0.6 is 23.1 Å². The van der Waals surface area contributed by atoms with Crippen molar-refractivity contribution in [3.63, 3.8) is 0 Å². The largest absolute Gasteiger partial charge is 0.457 e. The normalized spacial score (nSPS) is 19.0. The first-order valence-corrected chi connectivity index (χ1v) is 17.8. The van der Waals surface area contributed by atoms with Crippen molar-refractivity contribution in [2.45, 2.75) is 36.4 Å². The lowest BCUT2D eigenvalue weighted by atomic mass is 9.91. The van der Waals surface area contributed by atoms with Crippen LogP contribution in [0.25, 0.3) is 10.2 Å². The molecule has 49 heavy (non-hydrogen) atoms. The maximum absolute atomic E-state index is 12.8. The number of hydrogen-bond donors (Lipinski definition) is 3. The van der Waals surface area contributed by atoms with Crippen LogP contribution in [0, 0.1) is 5.92 Å². The number of benzene rings is 5. The molecule has 8 nitrogen and oxygen atoms in total. The van der Waals surface area contributed by atoms with Crippen LogP contribution in [-0.4, -0.2) is 28.0 Å². The minimum atomic E-state index is -0.612. The number of aromatic nitrogens is 1. The van der Waals surface area contributed by atoms with Crippen molar-refractivity contribution in [2.75, 3.05) is 16.4 Å². The van der Waals surface area contributed by atoms with Gasteiger partial charge < -0.3 is 30.0 Å². The van der Waals surface area contributed by atoms with Gasteiger partial charge in [-0.2, -0.15) is 0 Å². The summed E-state index contributed by atoms with van der Waals surface area (Å²) < 4.78 is 21.2. The lowest BCUT2D eigenvalue weighted by molar-refractivity contribution is -0.268. The fourth-order valence-electron chi connectivity index (χ4n) is 5.62. The number of nitrogens with zero attached hydrogens (tertiary/aromatic N) is 1. The number of rotatable bonds is 10. The summed E-state index contributed by atoms with van der Waals surface area (Å²) in [5.74, 6) is 2.19. The van der Waals surface area contributed by atoms with Gasteiger partial charge in [0.15, 0.2) is 10.6 Å². The molecular formula is C39H35N3O5S2. The fourth-order valence-corrected chi connectivity index (χ4v) is 7.88. The predicted molar refractivity (Wildman–Crippen MR) is 195 cm³/mol. The minimum Gasteiger partial charge on any atom is -0.457 e. The van der Waals surface area contributed by atoms with E-state index in [1.54, 1.807) is 35.2 Å². The molecule has 248 valence electrons. The van der Waals surface area contributed by atoms with E-state index in [2.05, 4.69) is 23.6 Å². The van der Waals surface area contributed by atoms with E-state index in [9.17, 15) is 9.90 Å². The average molecular weight is 690 g/mol. The highest BCUT2D eigenvalue weighted by atomic mass is 32.2. The molecular weight excluding hydrogens is 655 g/mol. The molecule has 0 unspecified atom stereocenters. The Morgan fingerprint density at radius 3 is 2.12 bits per heavy atom. The van der Waals surface area contributed by atoms with Gasteiger partial charge in [-0.1, -0.05) is 85.4 Å². The highest BCUT2D eigenvalue weighted by Crippen LogP contribution is 2.43. The van der Waals surface area contributed by atoms with Crippen molar-refractivity contribution in [3.05, 3.63) is 144 Å². The highest BCUT2D eigenvalue weighted by molar-refractivity contribution is 8.01. The molecule has 5 aromatic carbocycles. The van der Waals surface area contributed by atoms with E-state index in [1.165, 1.54) is 4.70 Å². The van der Waals surface area contributed by atoms with Crippen molar-refractivity contribution in [3.8, 4) is 11.5 Å². The Kier molecular flexibility index (Phi) is 10.2. The maximum atomic E-state index is 12.8. The molecule has 10 heteroatoms. The highest BCUT2D eigenvalue weighted by Gasteiger charge is 2.38. The summed E-state index contributed by atoms with van der Waals surface area (Å²) in [4.78, 5) is 17.6. The summed E-state index contributed by atoms with van der Waals surface area (Å²) in [5, 5.41) is 15.3. The molecule has 6 aromatic rings. The Hall–Kier alpha value is -4.71. The number of para-hydroxylation sites is 2. The average Bonchev–Trinajstić information content (AvgIpc) is 3.56. The molecule has 1 aliphatic heterocycles. The van der Waals surface area contributed by atoms with Gasteiger partial charge in [0.2, 0.25) is 0 Å². The van der Waals surface area contributed by atoms with Crippen molar-refractivity contribution < 1.29 is 24.1 Å². The number of carbonyl (C=O) groups is 1. The SMILES string of the molecule is C[C@@H]1[C@H](CSc2nc3ccccc3s2)O[C@H](c2ccc(NC(=O)Nc3ccc(Oc4ccccc4)cc3)cc2)O[C@@H]1c1ccc(CO)cc1. The van der Waals surface area contributed by atoms with E-state index >= 15 is 0 Å². The summed E-state index contributed by atoms with van der Waals surface area (Å²) in [7, 11) is 0. The van der Waals surface area contributed by atoms with Crippen LogP contribution in [0.2, 0.25) is 0 Å². The Balaban J connectivity index is 1.01. The number of anilines is 2. The molecule has 4 atom stereocenters. The lowest BCUT2D eigenvalue weighted by Gasteiger charge is -2.41. The van der Waals surface area contributed by atoms with Gasteiger partial charge in [-0.05, 0) is 71.8 Å². The third kappa shape index (κ3) is 8.13.